The summed E-state index contributed by atoms with van der Waals surface area (Å²) in [7, 11) is 0. The fourth-order valence-corrected chi connectivity index (χ4v) is 0. The molecule has 0 radical (unpaired) electrons. The van der Waals surface area contributed by atoms with Crippen molar-refractivity contribution in [3.63, 3.8) is 0 Å². The molecule has 0 spiro atoms. The Morgan fingerprint density at radius 1 is 1.45 bits per heavy atom. The van der Waals surface area contributed by atoms with Crippen molar-refractivity contribution in [3.05, 3.63) is 0 Å². The molecular weight excluding hydrogens is 150 g/mol. The minimum atomic E-state index is -0.963. The van der Waals surface area contributed by atoms with Crippen LogP contribution in [0.15, 0.2) is 0 Å². The van der Waals surface area contributed by atoms with Crippen LogP contribution in [-0.4, -0.2) is 28.2 Å². The number of carbonyl (C=O) groups is 2. The van der Waals surface area contributed by atoms with E-state index in [1.807, 2.05) is 0 Å². The van der Waals surface area contributed by atoms with Gasteiger partial charge in [0.15, 0.2) is 0 Å². The Morgan fingerprint density at radius 2 is 1.64 bits per heavy atom. The molecule has 0 heterocycles. The Balaban J connectivity index is 0. The zero-order valence-electron chi connectivity index (χ0n) is 6.57. The summed E-state index contributed by atoms with van der Waals surface area (Å²) in [5.41, 5.74) is 4.84. The highest BCUT2D eigenvalue weighted by Crippen LogP contribution is 1.68. The first-order chi connectivity index (χ1) is 4.91. The Bertz CT molecular complexity index is 133. The number of rotatable bonds is 2. The van der Waals surface area contributed by atoms with Crippen LogP contribution in [0.2, 0.25) is 0 Å². The molecule has 5 nitrogen and oxygen atoms in total. The van der Waals surface area contributed by atoms with Gasteiger partial charge in [0.05, 0.1) is 0 Å². The van der Waals surface area contributed by atoms with E-state index in [2.05, 4.69) is 0 Å². The quantitative estimate of drug-likeness (QED) is 0.527. The van der Waals surface area contributed by atoms with Crippen LogP contribution in [0.25, 0.3) is 0 Å². The second-order valence-corrected chi connectivity index (χ2v) is 1.87. The molecule has 0 rings (SSSR count). The van der Waals surface area contributed by atoms with E-state index in [4.69, 9.17) is 15.9 Å². The molecule has 0 aromatic carbocycles. The second-order valence-electron chi connectivity index (χ2n) is 1.87. The normalized spacial score (nSPS) is 10.8. The van der Waals surface area contributed by atoms with Crippen LogP contribution in [0.4, 0.5) is 0 Å². The lowest BCUT2D eigenvalue weighted by Crippen LogP contribution is -2.25. The van der Waals surface area contributed by atoms with Crippen molar-refractivity contribution >= 4 is 11.9 Å². The fourth-order valence-electron chi connectivity index (χ4n) is 0. The molecule has 0 aromatic rings. The summed E-state index contributed by atoms with van der Waals surface area (Å²) < 4.78 is 0. The van der Waals surface area contributed by atoms with E-state index >= 15 is 0 Å². The van der Waals surface area contributed by atoms with Gasteiger partial charge >= 0.3 is 11.9 Å². The van der Waals surface area contributed by atoms with Crippen molar-refractivity contribution in [2.45, 2.75) is 26.3 Å². The predicted molar refractivity (Wildman–Crippen MR) is 39.2 cm³/mol. The van der Waals surface area contributed by atoms with Gasteiger partial charge in [-0.05, 0) is 6.92 Å². The lowest BCUT2D eigenvalue weighted by Gasteiger charge is -1.90. The van der Waals surface area contributed by atoms with E-state index in [1.54, 1.807) is 6.92 Å². The second kappa shape index (κ2) is 7.01. The van der Waals surface area contributed by atoms with Crippen molar-refractivity contribution < 1.29 is 19.8 Å². The van der Waals surface area contributed by atoms with Crippen molar-refractivity contribution in [2.75, 3.05) is 0 Å². The third kappa shape index (κ3) is 17.6. The highest BCUT2D eigenvalue weighted by Gasteiger charge is 1.99. The summed E-state index contributed by atoms with van der Waals surface area (Å²) >= 11 is 0. The van der Waals surface area contributed by atoms with E-state index in [0.29, 0.717) is 0 Å². The Kier molecular flexibility index (Phi) is 8.01. The number of carboxylic acids is 2. The van der Waals surface area contributed by atoms with Crippen LogP contribution in [-0.2, 0) is 9.59 Å². The number of hydrogen-bond donors (Lipinski definition) is 3. The lowest BCUT2D eigenvalue weighted by molar-refractivity contribution is -0.138. The fraction of sp³-hybridized carbons (Fsp3) is 0.667. The average Bonchev–Trinajstić information content (AvgIpc) is 1.89. The first-order valence-corrected chi connectivity index (χ1v) is 3.12. The van der Waals surface area contributed by atoms with Gasteiger partial charge in [-0.1, -0.05) is 6.92 Å². The Hall–Kier alpha value is -1.10. The standard InChI is InChI=1S/C3H7NO2.C3H6O2/c1-2(4)3(5)6;1-2-3(4)5/h2H,4H2,1H3,(H,5,6);2H2,1H3,(H,4,5). The maximum atomic E-state index is 9.57. The first kappa shape index (κ1) is 12.6. The molecule has 4 N–H and O–H groups in total. The van der Waals surface area contributed by atoms with Gasteiger partial charge in [-0.2, -0.15) is 0 Å². The van der Waals surface area contributed by atoms with Gasteiger partial charge < -0.3 is 15.9 Å². The van der Waals surface area contributed by atoms with Crippen LogP contribution < -0.4 is 5.73 Å². The molecule has 1 atom stereocenters. The van der Waals surface area contributed by atoms with Gasteiger partial charge in [-0.25, -0.2) is 0 Å². The van der Waals surface area contributed by atoms with Gasteiger partial charge in [-0.3, -0.25) is 9.59 Å². The molecule has 1 unspecified atom stereocenters. The van der Waals surface area contributed by atoms with Gasteiger partial charge in [-0.15, -0.1) is 0 Å². The molecule has 0 bridgehead atoms. The molecule has 0 fully saturated rings. The van der Waals surface area contributed by atoms with E-state index in [0.717, 1.165) is 0 Å². The van der Waals surface area contributed by atoms with Gasteiger partial charge in [0.25, 0.3) is 0 Å². The molecule has 0 saturated carbocycles. The van der Waals surface area contributed by atoms with Crippen molar-refractivity contribution in [1.29, 1.82) is 0 Å². The van der Waals surface area contributed by atoms with Gasteiger partial charge in [0.2, 0.25) is 0 Å². The van der Waals surface area contributed by atoms with Crippen LogP contribution in [0.3, 0.4) is 0 Å². The average molecular weight is 163 g/mol. The van der Waals surface area contributed by atoms with E-state index < -0.39 is 18.0 Å². The minimum Gasteiger partial charge on any atom is -0.481 e. The van der Waals surface area contributed by atoms with Crippen LogP contribution in [0.5, 0.6) is 0 Å². The summed E-state index contributed by atoms with van der Waals surface area (Å²) in [6.07, 6.45) is 0.222. The van der Waals surface area contributed by atoms with Gasteiger partial charge in [0.1, 0.15) is 6.04 Å². The third-order valence-electron chi connectivity index (χ3n) is 0.692. The third-order valence-corrected chi connectivity index (χ3v) is 0.692. The van der Waals surface area contributed by atoms with Crippen LogP contribution in [0, 0.1) is 0 Å². The predicted octanol–water partition coefficient (Wildman–Crippen LogP) is -0.101. The highest BCUT2D eigenvalue weighted by atomic mass is 16.4. The number of aliphatic carboxylic acids is 2. The van der Waals surface area contributed by atoms with Crippen molar-refractivity contribution in [2.24, 2.45) is 5.73 Å². The summed E-state index contributed by atoms with van der Waals surface area (Å²) in [4.78, 5) is 18.9. The zero-order valence-corrected chi connectivity index (χ0v) is 6.57. The number of nitrogens with two attached hydrogens (primary N) is 1. The minimum absolute atomic E-state index is 0.222. The van der Waals surface area contributed by atoms with Gasteiger partial charge in [0, 0.05) is 6.42 Å². The monoisotopic (exact) mass is 163 g/mol. The summed E-state index contributed by atoms with van der Waals surface area (Å²) in [6.45, 7) is 3.02. The molecule has 0 aliphatic heterocycles. The number of hydrogen-bond acceptors (Lipinski definition) is 3. The summed E-state index contributed by atoms with van der Waals surface area (Å²) in [5.74, 6) is -1.71. The molecule has 5 heteroatoms. The maximum absolute atomic E-state index is 9.57. The molecule has 66 valence electrons. The van der Waals surface area contributed by atoms with Crippen molar-refractivity contribution in [3.8, 4) is 0 Å². The molecule has 0 aliphatic carbocycles. The molecule has 11 heavy (non-hydrogen) atoms. The summed E-state index contributed by atoms with van der Waals surface area (Å²) in [5, 5.41) is 15.6. The molecule has 0 aromatic heterocycles. The number of carboxylic acid groups (broad SMARTS) is 2. The Labute approximate surface area is 64.8 Å². The smallest absolute Gasteiger partial charge is 0.320 e. The largest absolute Gasteiger partial charge is 0.481 e. The Morgan fingerprint density at radius 3 is 1.64 bits per heavy atom. The lowest BCUT2D eigenvalue weighted by atomic mass is 10.4. The SMILES string of the molecule is CC(N)C(=O)O.CCC(=O)O. The van der Waals surface area contributed by atoms with E-state index in [9.17, 15) is 9.59 Å². The molecule has 0 aliphatic rings. The zero-order chi connectivity index (χ0) is 9.44. The molecule has 0 saturated heterocycles. The first-order valence-electron chi connectivity index (χ1n) is 3.12. The van der Waals surface area contributed by atoms with Crippen LogP contribution in [0.1, 0.15) is 20.3 Å². The molecule has 0 amide bonds. The highest BCUT2D eigenvalue weighted by molar-refractivity contribution is 5.72. The van der Waals surface area contributed by atoms with E-state index in [-0.39, 0.29) is 6.42 Å². The summed E-state index contributed by atoms with van der Waals surface area (Å²) in [6, 6.07) is -0.731. The molecular formula is C6H13NO4. The maximum Gasteiger partial charge on any atom is 0.320 e. The van der Waals surface area contributed by atoms with Crippen molar-refractivity contribution in [1.82, 2.24) is 0 Å². The van der Waals surface area contributed by atoms with E-state index in [1.165, 1.54) is 6.92 Å². The van der Waals surface area contributed by atoms with Crippen LogP contribution >= 0.6 is 0 Å². The topological polar surface area (TPSA) is 101 Å².